The molecule has 22 heavy (non-hydrogen) atoms. The molecule has 2 rings (SSSR count). The van der Waals surface area contributed by atoms with E-state index >= 15 is 0 Å². The molecule has 0 radical (unpaired) electrons. The van der Waals surface area contributed by atoms with Crippen molar-refractivity contribution in [1.29, 1.82) is 0 Å². The van der Waals surface area contributed by atoms with Crippen LogP contribution in [0.4, 0.5) is 8.78 Å². The van der Waals surface area contributed by atoms with Gasteiger partial charge in [0.05, 0.1) is 5.56 Å². The Morgan fingerprint density at radius 1 is 1.32 bits per heavy atom. The molecule has 0 aliphatic carbocycles. The minimum atomic E-state index is -0.893. The average Bonchev–Trinajstić information content (AvgIpc) is 2.47. The lowest BCUT2D eigenvalue weighted by atomic mass is 9.99. The summed E-state index contributed by atoms with van der Waals surface area (Å²) in [5, 5.41) is 6.17. The van der Waals surface area contributed by atoms with Crippen LogP contribution in [0.1, 0.15) is 43.0 Å². The first-order chi connectivity index (χ1) is 10.5. The molecule has 2 N–H and O–H groups in total. The van der Waals surface area contributed by atoms with Crippen molar-refractivity contribution < 1.29 is 18.4 Å². The number of hydrogen-bond acceptors (Lipinski definition) is 3. The Bertz CT molecular complexity index is 563. The van der Waals surface area contributed by atoms with Gasteiger partial charge < -0.3 is 10.6 Å². The van der Waals surface area contributed by atoms with Crippen molar-refractivity contribution in [2.75, 3.05) is 6.54 Å². The molecule has 1 aliphatic rings. The van der Waals surface area contributed by atoms with E-state index in [1.165, 1.54) is 0 Å². The monoisotopic (exact) mass is 310 g/mol. The number of carbonyl (C=O) groups excluding carboxylic acids is 2. The van der Waals surface area contributed by atoms with E-state index in [1.807, 2.05) is 6.92 Å². The average molecular weight is 310 g/mol. The molecule has 1 fully saturated rings. The second-order valence-electron chi connectivity index (χ2n) is 5.61. The number of halogens is 2. The highest BCUT2D eigenvalue weighted by atomic mass is 19.1. The van der Waals surface area contributed by atoms with Gasteiger partial charge in [0.25, 0.3) is 0 Å². The first-order valence-electron chi connectivity index (χ1n) is 7.48. The summed E-state index contributed by atoms with van der Waals surface area (Å²) in [5.41, 5.74) is -0.179. The molecule has 120 valence electrons. The number of benzene rings is 1. The van der Waals surface area contributed by atoms with Crippen molar-refractivity contribution in [3.8, 4) is 0 Å². The van der Waals surface area contributed by atoms with Gasteiger partial charge in [-0.05, 0) is 38.4 Å². The minimum Gasteiger partial charge on any atom is -0.352 e. The van der Waals surface area contributed by atoms with Crippen LogP contribution in [0.5, 0.6) is 0 Å². The summed E-state index contributed by atoms with van der Waals surface area (Å²) < 4.78 is 26.3. The molecule has 0 spiro atoms. The van der Waals surface area contributed by atoms with Gasteiger partial charge in [0.1, 0.15) is 11.6 Å². The van der Waals surface area contributed by atoms with E-state index in [9.17, 15) is 18.4 Å². The molecule has 1 amide bonds. The first-order valence-corrected chi connectivity index (χ1v) is 7.48. The predicted molar refractivity (Wildman–Crippen MR) is 78.6 cm³/mol. The Hall–Kier alpha value is -1.82. The third-order valence-corrected chi connectivity index (χ3v) is 3.92. The third kappa shape index (κ3) is 4.34. The van der Waals surface area contributed by atoms with Crippen LogP contribution in [0.15, 0.2) is 18.2 Å². The van der Waals surface area contributed by atoms with Crippen molar-refractivity contribution in [2.45, 2.75) is 44.7 Å². The quantitative estimate of drug-likeness (QED) is 0.820. The van der Waals surface area contributed by atoms with Crippen LogP contribution >= 0.6 is 0 Å². The van der Waals surface area contributed by atoms with Gasteiger partial charge in [0.15, 0.2) is 5.78 Å². The van der Waals surface area contributed by atoms with Crippen LogP contribution < -0.4 is 10.6 Å². The summed E-state index contributed by atoms with van der Waals surface area (Å²) in [6.45, 7) is 2.94. The Morgan fingerprint density at radius 2 is 2.09 bits per heavy atom. The minimum absolute atomic E-state index is 0.00112. The summed E-state index contributed by atoms with van der Waals surface area (Å²) in [4.78, 5) is 23.8. The topological polar surface area (TPSA) is 58.2 Å². The van der Waals surface area contributed by atoms with E-state index in [-0.39, 0.29) is 36.4 Å². The predicted octanol–water partition coefficient (Wildman–Crippen LogP) is 2.18. The second-order valence-corrected chi connectivity index (χ2v) is 5.61. The van der Waals surface area contributed by atoms with Crippen LogP contribution in [-0.4, -0.2) is 30.3 Å². The fourth-order valence-electron chi connectivity index (χ4n) is 2.60. The Balaban J connectivity index is 1.84. The zero-order valence-electron chi connectivity index (χ0n) is 12.5. The van der Waals surface area contributed by atoms with E-state index in [1.54, 1.807) is 0 Å². The largest absolute Gasteiger partial charge is 0.352 e. The first kappa shape index (κ1) is 16.5. The van der Waals surface area contributed by atoms with Crippen molar-refractivity contribution in [3.63, 3.8) is 0 Å². The number of amides is 1. The van der Waals surface area contributed by atoms with Crippen LogP contribution in [0.2, 0.25) is 0 Å². The molecule has 4 nitrogen and oxygen atoms in total. The second kappa shape index (κ2) is 7.45. The van der Waals surface area contributed by atoms with Crippen LogP contribution in [0.25, 0.3) is 0 Å². The highest BCUT2D eigenvalue weighted by Crippen LogP contribution is 2.13. The smallest absolute Gasteiger partial charge is 0.220 e. The van der Waals surface area contributed by atoms with Gasteiger partial charge >= 0.3 is 0 Å². The van der Waals surface area contributed by atoms with Crippen molar-refractivity contribution in [3.05, 3.63) is 35.4 Å². The summed E-state index contributed by atoms with van der Waals surface area (Å²) in [7, 11) is 0. The summed E-state index contributed by atoms with van der Waals surface area (Å²) in [5.74, 6) is -2.35. The molecule has 1 saturated heterocycles. The summed E-state index contributed by atoms with van der Waals surface area (Å²) in [6.07, 6.45) is 1.80. The van der Waals surface area contributed by atoms with Crippen molar-refractivity contribution in [2.24, 2.45) is 0 Å². The highest BCUT2D eigenvalue weighted by Gasteiger charge is 2.22. The molecule has 1 aromatic rings. The normalized spacial score (nSPS) is 21.4. The number of Topliss-reactive ketones (excluding diaryl/α,β-unsaturated/α-hetero) is 1. The van der Waals surface area contributed by atoms with Gasteiger partial charge in [0, 0.05) is 31.0 Å². The molecule has 1 aromatic carbocycles. The van der Waals surface area contributed by atoms with Gasteiger partial charge in [-0.25, -0.2) is 8.78 Å². The molecule has 0 aromatic heterocycles. The number of rotatable bonds is 5. The Kier molecular flexibility index (Phi) is 5.60. The lowest BCUT2D eigenvalue weighted by Crippen LogP contribution is -2.51. The molecular weight excluding hydrogens is 290 g/mol. The molecule has 6 heteroatoms. The fraction of sp³-hybridized carbons (Fsp3) is 0.500. The number of ketones is 1. The molecular formula is C16H20F2N2O2. The number of hydrogen-bond donors (Lipinski definition) is 2. The van der Waals surface area contributed by atoms with E-state index in [4.69, 9.17) is 0 Å². The number of nitrogens with one attached hydrogen (secondary N) is 2. The van der Waals surface area contributed by atoms with Gasteiger partial charge in [0.2, 0.25) is 5.91 Å². The molecule has 2 atom stereocenters. The van der Waals surface area contributed by atoms with Gasteiger partial charge in [-0.2, -0.15) is 0 Å². The van der Waals surface area contributed by atoms with E-state index < -0.39 is 17.4 Å². The van der Waals surface area contributed by atoms with Crippen LogP contribution in [-0.2, 0) is 4.79 Å². The molecule has 1 aliphatic heterocycles. The van der Waals surface area contributed by atoms with Gasteiger partial charge in [-0.15, -0.1) is 0 Å². The molecule has 0 saturated carbocycles. The van der Waals surface area contributed by atoms with Gasteiger partial charge in [-0.1, -0.05) is 0 Å². The summed E-state index contributed by atoms with van der Waals surface area (Å²) in [6, 6.07) is 3.06. The third-order valence-electron chi connectivity index (χ3n) is 3.92. The zero-order chi connectivity index (χ0) is 16.1. The van der Waals surface area contributed by atoms with Crippen LogP contribution in [0, 0.1) is 11.6 Å². The van der Waals surface area contributed by atoms with Crippen LogP contribution in [0.3, 0.4) is 0 Å². The Morgan fingerprint density at radius 3 is 2.77 bits per heavy atom. The highest BCUT2D eigenvalue weighted by molar-refractivity contribution is 5.98. The van der Waals surface area contributed by atoms with Crippen molar-refractivity contribution >= 4 is 11.7 Å². The maximum Gasteiger partial charge on any atom is 0.220 e. The van der Waals surface area contributed by atoms with E-state index in [0.717, 1.165) is 31.5 Å². The number of carbonyl (C=O) groups is 2. The maximum atomic E-state index is 13.5. The molecule has 2 unspecified atom stereocenters. The fourth-order valence-corrected chi connectivity index (χ4v) is 2.60. The summed E-state index contributed by atoms with van der Waals surface area (Å²) >= 11 is 0. The lowest BCUT2D eigenvalue weighted by molar-refractivity contribution is -0.122. The van der Waals surface area contributed by atoms with Crippen molar-refractivity contribution in [1.82, 2.24) is 10.6 Å². The van der Waals surface area contributed by atoms with E-state index in [0.29, 0.717) is 6.07 Å². The number of piperidine rings is 1. The molecule has 0 bridgehead atoms. The SMILES string of the molecule is CC1NCCCC1NC(=O)CCC(=O)c1ccc(F)cc1F. The van der Waals surface area contributed by atoms with Gasteiger partial charge in [-0.3, -0.25) is 9.59 Å². The zero-order valence-corrected chi connectivity index (χ0v) is 12.5. The van der Waals surface area contributed by atoms with E-state index in [2.05, 4.69) is 10.6 Å². The Labute approximate surface area is 128 Å². The lowest BCUT2D eigenvalue weighted by Gasteiger charge is -2.30. The maximum absolute atomic E-state index is 13.5. The molecule has 1 heterocycles. The standard InChI is InChI=1S/C16H20F2N2O2/c1-10-14(3-2-8-19-10)20-16(22)7-6-15(21)12-5-4-11(17)9-13(12)18/h4-5,9-10,14,19H,2-3,6-8H2,1H3,(H,20,22).